The second-order valence-electron chi connectivity index (χ2n) is 6.39. The number of sulfonamides is 1. The molecule has 1 atom stereocenters. The Morgan fingerprint density at radius 3 is 2.55 bits per heavy atom. The zero-order valence-electron chi connectivity index (χ0n) is 15.9. The molecular weight excluding hydrogens is 419 g/mol. The predicted molar refractivity (Wildman–Crippen MR) is 107 cm³/mol. The highest BCUT2D eigenvalue weighted by atomic mass is 32.2. The molecule has 29 heavy (non-hydrogen) atoms. The summed E-state index contributed by atoms with van der Waals surface area (Å²) in [5.74, 6) is -0.330. The predicted octanol–water partition coefficient (Wildman–Crippen LogP) is 2.75. The van der Waals surface area contributed by atoms with Gasteiger partial charge in [0.1, 0.15) is 11.9 Å². The number of thiophene rings is 1. The van der Waals surface area contributed by atoms with Crippen LogP contribution in [0, 0.1) is 5.82 Å². The average Bonchev–Trinajstić information content (AvgIpc) is 3.33. The van der Waals surface area contributed by atoms with Crippen LogP contribution >= 0.6 is 11.3 Å². The molecule has 0 spiro atoms. The first kappa shape index (κ1) is 20.9. The van der Waals surface area contributed by atoms with Gasteiger partial charge < -0.3 is 9.42 Å². The fourth-order valence-electron chi connectivity index (χ4n) is 2.82. The highest BCUT2D eigenvalue weighted by molar-refractivity contribution is 7.92. The maximum atomic E-state index is 13.2. The zero-order chi connectivity index (χ0) is 21.2. The summed E-state index contributed by atoms with van der Waals surface area (Å²) >= 11 is 1.46. The molecule has 0 saturated carbocycles. The molecule has 2 aromatic heterocycles. The van der Waals surface area contributed by atoms with Crippen LogP contribution in [-0.4, -0.2) is 48.7 Å². The van der Waals surface area contributed by atoms with Crippen LogP contribution in [0.15, 0.2) is 46.3 Å². The van der Waals surface area contributed by atoms with Crippen molar-refractivity contribution in [1.82, 2.24) is 15.0 Å². The minimum absolute atomic E-state index is 0.0164. The van der Waals surface area contributed by atoms with Crippen molar-refractivity contribution in [3.63, 3.8) is 0 Å². The van der Waals surface area contributed by atoms with Crippen LogP contribution < -0.4 is 4.31 Å². The van der Waals surface area contributed by atoms with Gasteiger partial charge in [-0.05, 0) is 42.6 Å². The molecule has 0 N–H and O–H groups in total. The van der Waals surface area contributed by atoms with Gasteiger partial charge in [-0.3, -0.25) is 9.10 Å². The van der Waals surface area contributed by atoms with Crippen LogP contribution in [0.2, 0.25) is 0 Å². The third-order valence-corrected chi connectivity index (χ3v) is 6.21. The van der Waals surface area contributed by atoms with Crippen LogP contribution in [0.25, 0.3) is 10.7 Å². The average molecular weight is 439 g/mol. The lowest BCUT2D eigenvalue weighted by Crippen LogP contribution is -2.48. The summed E-state index contributed by atoms with van der Waals surface area (Å²) in [7, 11) is -2.28. The Kier molecular flexibility index (Phi) is 5.99. The van der Waals surface area contributed by atoms with Crippen molar-refractivity contribution in [2.45, 2.75) is 19.5 Å². The first-order valence-electron chi connectivity index (χ1n) is 8.53. The molecule has 0 radical (unpaired) electrons. The molecule has 0 fully saturated rings. The lowest BCUT2D eigenvalue weighted by Gasteiger charge is -2.30. The number of hydrogen-bond donors (Lipinski definition) is 0. The number of anilines is 1. The third kappa shape index (κ3) is 4.80. The number of carbonyl (C=O) groups is 1. The van der Waals surface area contributed by atoms with E-state index in [2.05, 4.69) is 10.1 Å². The van der Waals surface area contributed by atoms with Gasteiger partial charge in [-0.25, -0.2) is 12.8 Å². The van der Waals surface area contributed by atoms with Crippen molar-refractivity contribution in [3.8, 4) is 10.7 Å². The van der Waals surface area contributed by atoms with Gasteiger partial charge in [-0.2, -0.15) is 4.98 Å². The van der Waals surface area contributed by atoms with Crippen molar-refractivity contribution in [2.75, 3.05) is 17.6 Å². The molecule has 3 aromatic rings. The largest absolute Gasteiger partial charge is 0.337 e. The second kappa shape index (κ2) is 8.29. The van der Waals surface area contributed by atoms with Gasteiger partial charge in [0, 0.05) is 7.05 Å². The second-order valence-corrected chi connectivity index (χ2v) is 9.20. The van der Waals surface area contributed by atoms with E-state index in [1.54, 1.807) is 0 Å². The van der Waals surface area contributed by atoms with Crippen LogP contribution in [0.3, 0.4) is 0 Å². The first-order valence-corrected chi connectivity index (χ1v) is 11.3. The molecular formula is C18H19FN4O4S2. The fourth-order valence-corrected chi connectivity index (χ4v) is 4.63. The third-order valence-electron chi connectivity index (χ3n) is 4.11. The van der Waals surface area contributed by atoms with Crippen molar-refractivity contribution in [3.05, 3.63) is 53.5 Å². The van der Waals surface area contributed by atoms with Crippen molar-refractivity contribution >= 4 is 33.0 Å². The van der Waals surface area contributed by atoms with Gasteiger partial charge in [0.25, 0.3) is 0 Å². The molecule has 0 aliphatic heterocycles. The minimum Gasteiger partial charge on any atom is -0.337 e. The lowest BCUT2D eigenvalue weighted by atomic mass is 10.2. The number of benzene rings is 1. The summed E-state index contributed by atoms with van der Waals surface area (Å²) in [5, 5.41) is 5.78. The molecule has 11 heteroatoms. The van der Waals surface area contributed by atoms with Crippen molar-refractivity contribution in [1.29, 1.82) is 0 Å². The molecule has 3 rings (SSSR count). The zero-order valence-corrected chi connectivity index (χ0v) is 17.6. The SMILES string of the molecule is C[C@@H](C(=O)N(C)Cc1nc(-c2cccs2)no1)N(c1ccc(F)cc1)S(C)(=O)=O. The Hall–Kier alpha value is -2.79. The van der Waals surface area contributed by atoms with E-state index in [1.807, 2.05) is 17.5 Å². The summed E-state index contributed by atoms with van der Waals surface area (Å²) < 4.78 is 44.0. The molecule has 2 heterocycles. The number of rotatable bonds is 7. The van der Waals surface area contributed by atoms with Crippen molar-refractivity contribution < 1.29 is 22.1 Å². The van der Waals surface area contributed by atoms with Gasteiger partial charge in [-0.15, -0.1) is 11.3 Å². The monoisotopic (exact) mass is 438 g/mol. The van der Waals surface area contributed by atoms with Gasteiger partial charge in [0.2, 0.25) is 27.6 Å². The van der Waals surface area contributed by atoms with Crippen molar-refractivity contribution in [2.24, 2.45) is 0 Å². The summed E-state index contributed by atoms with van der Waals surface area (Å²) in [6.07, 6.45) is 0.992. The smallest absolute Gasteiger partial charge is 0.246 e. The van der Waals surface area contributed by atoms with Gasteiger partial charge in [0.05, 0.1) is 23.4 Å². The number of amides is 1. The quantitative estimate of drug-likeness (QED) is 0.563. The van der Waals surface area contributed by atoms with E-state index in [0.717, 1.165) is 27.6 Å². The van der Waals surface area contributed by atoms with E-state index in [1.165, 1.54) is 42.3 Å². The highest BCUT2D eigenvalue weighted by Gasteiger charge is 2.31. The molecule has 8 nitrogen and oxygen atoms in total. The highest BCUT2D eigenvalue weighted by Crippen LogP contribution is 2.23. The lowest BCUT2D eigenvalue weighted by molar-refractivity contribution is -0.131. The Labute approximate surface area is 171 Å². The standard InChI is InChI=1S/C18H19FN4O4S2/c1-12(23(29(3,25)26)14-8-6-13(19)7-9-14)18(24)22(2)11-16-20-17(21-27-16)15-5-4-10-28-15/h4-10,12H,11H2,1-3H3/t12-/m0/s1. The molecule has 0 aliphatic rings. The Balaban J connectivity index is 1.77. The van der Waals surface area contributed by atoms with Crippen LogP contribution in [0.5, 0.6) is 0 Å². The summed E-state index contributed by atoms with van der Waals surface area (Å²) in [6.45, 7) is 1.48. The van der Waals surface area contributed by atoms with E-state index in [-0.39, 0.29) is 18.1 Å². The van der Waals surface area contributed by atoms with E-state index < -0.39 is 27.8 Å². The molecule has 0 aliphatic carbocycles. The van der Waals surface area contributed by atoms with E-state index in [0.29, 0.717) is 5.82 Å². The number of aromatic nitrogens is 2. The summed E-state index contributed by atoms with van der Waals surface area (Å²) in [4.78, 5) is 19.3. The summed E-state index contributed by atoms with van der Waals surface area (Å²) in [5.41, 5.74) is 0.195. The van der Waals surface area contributed by atoms with E-state index in [4.69, 9.17) is 4.52 Å². The number of nitrogens with zero attached hydrogens (tertiary/aromatic N) is 4. The van der Waals surface area contributed by atoms with Gasteiger partial charge in [-0.1, -0.05) is 11.2 Å². The first-order chi connectivity index (χ1) is 13.7. The van der Waals surface area contributed by atoms with Crippen LogP contribution in [-0.2, 0) is 21.4 Å². The number of halogens is 1. The summed E-state index contributed by atoms with van der Waals surface area (Å²) in [6, 6.07) is 7.56. The Morgan fingerprint density at radius 1 is 1.28 bits per heavy atom. The molecule has 0 saturated heterocycles. The minimum atomic E-state index is -3.79. The Morgan fingerprint density at radius 2 is 1.97 bits per heavy atom. The van der Waals surface area contributed by atoms with Gasteiger partial charge >= 0.3 is 0 Å². The van der Waals surface area contributed by atoms with Crippen LogP contribution in [0.1, 0.15) is 12.8 Å². The molecule has 1 amide bonds. The Bertz CT molecular complexity index is 1080. The maximum absolute atomic E-state index is 13.2. The topological polar surface area (TPSA) is 96.6 Å². The number of hydrogen-bond acceptors (Lipinski definition) is 7. The van der Waals surface area contributed by atoms with Gasteiger partial charge in [0.15, 0.2) is 0 Å². The van der Waals surface area contributed by atoms with E-state index >= 15 is 0 Å². The van der Waals surface area contributed by atoms with E-state index in [9.17, 15) is 17.6 Å². The van der Waals surface area contributed by atoms with Crippen LogP contribution in [0.4, 0.5) is 10.1 Å². The maximum Gasteiger partial charge on any atom is 0.246 e. The fraction of sp³-hybridized carbons (Fsp3) is 0.278. The molecule has 1 aromatic carbocycles. The molecule has 0 bridgehead atoms. The normalized spacial score (nSPS) is 12.6. The number of carbonyl (C=O) groups excluding carboxylic acids is 1. The molecule has 0 unspecified atom stereocenters. The molecule has 154 valence electrons. The number of likely N-dealkylation sites (N-methyl/N-ethyl adjacent to an activating group) is 1.